The lowest BCUT2D eigenvalue weighted by atomic mass is 10.0. The molecular weight excluding hydrogens is 981 g/mol. The number of hydrogen-bond acceptors (Lipinski definition) is 15. The molecule has 1 aromatic carbocycles. The number of nitrogens with one attached hydrogen (secondary N) is 9. The number of amides is 8. The zero-order valence-electron chi connectivity index (χ0n) is 38.9. The molecule has 1 aliphatic heterocycles. The maximum atomic E-state index is 14.2. The number of carbonyl (C=O) groups is 11. The van der Waals surface area contributed by atoms with E-state index in [4.69, 9.17) is 11.5 Å². The van der Waals surface area contributed by atoms with Crippen molar-refractivity contribution in [2.45, 2.75) is 106 Å². The van der Waals surface area contributed by atoms with E-state index in [9.17, 15) is 68.1 Å². The Labute approximate surface area is 419 Å². The molecule has 5 rings (SSSR count). The summed E-state index contributed by atoms with van der Waals surface area (Å²) in [6, 6.07) is -5.59. The average Bonchev–Trinajstić information content (AvgIpc) is 4.20. The summed E-state index contributed by atoms with van der Waals surface area (Å²) in [5, 5.41) is 43.9. The molecular formula is C44H56N14O14S. The molecule has 29 heteroatoms. The number of para-hydroxylation sites is 1. The summed E-state index contributed by atoms with van der Waals surface area (Å²) in [6.07, 6.45) is 3.68. The Bertz CT molecular complexity index is 2640. The molecule has 3 aromatic heterocycles. The van der Waals surface area contributed by atoms with E-state index in [2.05, 4.69) is 69.4 Å². The predicted octanol–water partition coefficient (Wildman–Crippen LogP) is -3.90. The van der Waals surface area contributed by atoms with Gasteiger partial charge in [0.25, 0.3) is 0 Å². The van der Waals surface area contributed by atoms with Crippen molar-refractivity contribution in [3.8, 4) is 0 Å². The molecule has 0 unspecified atom stereocenters. The van der Waals surface area contributed by atoms with Crippen molar-refractivity contribution in [3.63, 3.8) is 0 Å². The number of carboxylic acids is 3. The number of thiol groups is 1. The van der Waals surface area contributed by atoms with Crippen LogP contribution in [-0.4, -0.2) is 171 Å². The second-order valence-corrected chi connectivity index (χ2v) is 17.4. The standard InChI is InChI=1S/C44H56N14O14S/c45-25(11-22-16-47-19-50-22)43(70)58-9-3-6-33(58)42(69)56-31(14-36(62)63)40(67)52-27(7-8-34(46)59)37(64)55-30(13-35(60)61)41(68)54-29(12-23-17-48-20-51-23)39(66)53-28(38(65)57-32(18-73)44(71)72)10-21-15-49-26-5-2-1-4-24(21)26/h1-2,4-5,15-17,19-20,25,27-33,49,73H,3,6-14,18,45H2,(H2,46,59)(H,47,50)(H,48,51)(H,52,67)(H,53,66)(H,54,68)(H,55,64)(H,56,69)(H,57,65)(H,60,61)(H,62,63)(H,71,72)/t25-,27-,28-,29-,30-,31-,32-,33-/m0/s1. The third-order valence-electron chi connectivity index (χ3n) is 11.6. The first-order valence-electron chi connectivity index (χ1n) is 22.7. The van der Waals surface area contributed by atoms with Gasteiger partial charge in [-0.25, -0.2) is 14.8 Å². The summed E-state index contributed by atoms with van der Waals surface area (Å²) < 4.78 is 0. The number of imidazole rings is 2. The zero-order chi connectivity index (χ0) is 53.4. The Morgan fingerprint density at radius 1 is 0.685 bits per heavy atom. The van der Waals surface area contributed by atoms with Crippen LogP contribution in [0.1, 0.15) is 55.5 Å². The second kappa shape index (κ2) is 26.2. The highest BCUT2D eigenvalue weighted by Crippen LogP contribution is 2.21. The molecule has 4 heterocycles. The number of rotatable bonds is 28. The minimum Gasteiger partial charge on any atom is -0.481 e. The van der Waals surface area contributed by atoms with E-state index in [-0.39, 0.29) is 43.7 Å². The highest BCUT2D eigenvalue weighted by Gasteiger charge is 2.40. The fourth-order valence-electron chi connectivity index (χ4n) is 7.93. The van der Waals surface area contributed by atoms with Crippen molar-refractivity contribution in [3.05, 3.63) is 72.5 Å². The minimum absolute atomic E-state index is 0.0568. The van der Waals surface area contributed by atoms with Crippen LogP contribution in [0.4, 0.5) is 0 Å². The van der Waals surface area contributed by atoms with Gasteiger partial charge in [-0.15, -0.1) is 0 Å². The molecule has 0 radical (unpaired) electrons. The van der Waals surface area contributed by atoms with Gasteiger partial charge in [-0.1, -0.05) is 18.2 Å². The van der Waals surface area contributed by atoms with Crippen molar-refractivity contribution in [2.24, 2.45) is 11.5 Å². The number of primary amides is 1. The number of aliphatic carboxylic acids is 3. The van der Waals surface area contributed by atoms with Gasteiger partial charge in [0.05, 0.1) is 31.5 Å². The van der Waals surface area contributed by atoms with Crippen molar-refractivity contribution in [2.75, 3.05) is 12.3 Å². The van der Waals surface area contributed by atoms with Gasteiger partial charge in [-0.3, -0.25) is 47.9 Å². The largest absolute Gasteiger partial charge is 0.481 e. The van der Waals surface area contributed by atoms with E-state index in [1.807, 2.05) is 0 Å². The number of carbonyl (C=O) groups excluding carboxylic acids is 8. The number of carboxylic acid groups (broad SMARTS) is 3. The predicted molar refractivity (Wildman–Crippen MR) is 255 cm³/mol. The summed E-state index contributed by atoms with van der Waals surface area (Å²) >= 11 is 4.00. The van der Waals surface area contributed by atoms with Crippen LogP contribution in [0, 0.1) is 0 Å². The quantitative estimate of drug-likeness (QED) is 0.0242. The summed E-state index contributed by atoms with van der Waals surface area (Å²) in [7, 11) is 0. The lowest BCUT2D eigenvalue weighted by Crippen LogP contribution is -2.61. The first-order valence-corrected chi connectivity index (χ1v) is 23.3. The second-order valence-electron chi connectivity index (χ2n) is 17.0. The fourth-order valence-corrected chi connectivity index (χ4v) is 8.18. The van der Waals surface area contributed by atoms with Gasteiger partial charge in [-0.05, 0) is 30.9 Å². The van der Waals surface area contributed by atoms with Crippen LogP contribution in [0.5, 0.6) is 0 Å². The molecule has 0 bridgehead atoms. The molecule has 8 atom stereocenters. The van der Waals surface area contributed by atoms with Crippen LogP contribution in [0.2, 0.25) is 0 Å². The van der Waals surface area contributed by atoms with Gasteiger partial charge in [0.2, 0.25) is 47.3 Å². The molecule has 4 aromatic rings. The van der Waals surface area contributed by atoms with Crippen LogP contribution in [0.3, 0.4) is 0 Å². The van der Waals surface area contributed by atoms with Crippen LogP contribution in [0.25, 0.3) is 10.9 Å². The smallest absolute Gasteiger partial charge is 0.327 e. The first kappa shape index (κ1) is 55.6. The molecule has 0 spiro atoms. The van der Waals surface area contributed by atoms with Crippen molar-refractivity contribution < 1.29 is 68.1 Å². The Hall–Kier alpha value is -8.34. The topological polar surface area (TPSA) is 449 Å². The first-order chi connectivity index (χ1) is 34.7. The third-order valence-corrected chi connectivity index (χ3v) is 12.0. The number of benzene rings is 1. The minimum atomic E-state index is -2.02. The highest BCUT2D eigenvalue weighted by molar-refractivity contribution is 7.80. The Morgan fingerprint density at radius 2 is 1.21 bits per heavy atom. The average molecular weight is 1040 g/mol. The number of nitrogens with two attached hydrogens (primary N) is 2. The Balaban J connectivity index is 1.34. The van der Waals surface area contributed by atoms with E-state index in [1.165, 1.54) is 29.9 Å². The van der Waals surface area contributed by atoms with Gasteiger partial charge in [0, 0.05) is 78.9 Å². The molecule has 8 amide bonds. The summed E-state index contributed by atoms with van der Waals surface area (Å²) in [4.78, 5) is 162. The van der Waals surface area contributed by atoms with E-state index in [1.54, 1.807) is 30.5 Å². The summed E-state index contributed by atoms with van der Waals surface area (Å²) in [5.41, 5.74) is 13.5. The van der Waals surface area contributed by atoms with Crippen LogP contribution < -0.4 is 43.4 Å². The van der Waals surface area contributed by atoms with E-state index < -0.39 is 139 Å². The summed E-state index contributed by atoms with van der Waals surface area (Å²) in [6.45, 7) is 0.119. The number of fused-ring (bicyclic) bond motifs is 1. The van der Waals surface area contributed by atoms with Crippen LogP contribution in [0.15, 0.2) is 55.5 Å². The Kier molecular flexibility index (Phi) is 20.0. The number of hydrogen-bond donors (Lipinski definition) is 15. The molecule has 73 heavy (non-hydrogen) atoms. The third kappa shape index (κ3) is 16.1. The lowest BCUT2D eigenvalue weighted by molar-refractivity contribution is -0.143. The SMILES string of the molecule is NC(=O)CC[C@H](NC(=O)[C@H](CC(=O)O)NC(=O)[C@@H]1CCCN1C(=O)[C@@H](N)Cc1cnc[nH]1)C(=O)N[C@@H](CC(=O)O)C(=O)N[C@@H](Cc1cnc[nH]1)C(=O)N[C@@H](Cc1c[nH]c2ccccc12)C(=O)N[C@@H](CS)C(=O)O. The molecule has 1 saturated heterocycles. The molecule has 0 aliphatic carbocycles. The lowest BCUT2D eigenvalue weighted by Gasteiger charge is -2.29. The summed E-state index contributed by atoms with van der Waals surface area (Å²) in [5.74, 6) is -13.2. The molecule has 1 aliphatic rings. The normalized spacial score (nSPS) is 16.1. The monoisotopic (exact) mass is 1040 g/mol. The van der Waals surface area contributed by atoms with Crippen molar-refractivity contribution in [1.82, 2.24) is 61.7 Å². The van der Waals surface area contributed by atoms with E-state index in [0.717, 1.165) is 0 Å². The number of nitrogens with zero attached hydrogens (tertiary/aromatic N) is 3. The maximum Gasteiger partial charge on any atom is 0.327 e. The Morgan fingerprint density at radius 3 is 1.77 bits per heavy atom. The number of H-pyrrole nitrogens is 3. The fraction of sp³-hybridized carbons (Fsp3) is 0.432. The van der Waals surface area contributed by atoms with Crippen molar-refractivity contribution >= 4 is 88.7 Å². The number of aromatic nitrogens is 5. The number of aromatic amines is 3. The number of likely N-dealkylation sites (tertiary alicyclic amines) is 1. The maximum absolute atomic E-state index is 14.2. The van der Waals surface area contributed by atoms with E-state index in [0.29, 0.717) is 28.6 Å². The molecule has 1 fully saturated rings. The molecule has 392 valence electrons. The van der Waals surface area contributed by atoms with Crippen LogP contribution >= 0.6 is 12.6 Å². The van der Waals surface area contributed by atoms with Gasteiger partial charge in [0.1, 0.15) is 42.3 Å². The molecule has 28 nitrogen and oxygen atoms in total. The van der Waals surface area contributed by atoms with Gasteiger partial charge in [0.15, 0.2) is 0 Å². The van der Waals surface area contributed by atoms with Gasteiger partial charge < -0.3 is 78.5 Å². The van der Waals surface area contributed by atoms with Crippen LogP contribution in [-0.2, 0) is 72.0 Å². The van der Waals surface area contributed by atoms with Gasteiger partial charge >= 0.3 is 17.9 Å². The van der Waals surface area contributed by atoms with Gasteiger partial charge in [-0.2, -0.15) is 12.6 Å². The molecule has 16 N–H and O–H groups in total. The highest BCUT2D eigenvalue weighted by atomic mass is 32.1. The van der Waals surface area contributed by atoms with E-state index >= 15 is 0 Å². The molecule has 0 saturated carbocycles. The van der Waals surface area contributed by atoms with Crippen molar-refractivity contribution in [1.29, 1.82) is 0 Å². The zero-order valence-corrected chi connectivity index (χ0v) is 39.8.